The fourth-order valence-corrected chi connectivity index (χ4v) is 3.44. The quantitative estimate of drug-likeness (QED) is 0.351. The summed E-state index contributed by atoms with van der Waals surface area (Å²) < 4.78 is 0. The zero-order valence-corrected chi connectivity index (χ0v) is 18.5. The van der Waals surface area contributed by atoms with E-state index < -0.39 is 13.1 Å². The summed E-state index contributed by atoms with van der Waals surface area (Å²) in [5.74, 6) is -1.04. The Morgan fingerprint density at radius 3 is 2.58 bits per heavy atom. The number of amides is 1. The Kier molecular flexibility index (Phi) is 8.53. The molecule has 0 bridgehead atoms. The van der Waals surface area contributed by atoms with E-state index in [4.69, 9.17) is 0 Å². The third-order valence-electron chi connectivity index (χ3n) is 5.25. The Bertz CT molecular complexity index is 1140. The lowest BCUT2D eigenvalue weighted by Crippen LogP contribution is -2.47. The number of nitriles is 1. The molecule has 3 aromatic rings. The predicted molar refractivity (Wildman–Crippen MR) is 129 cm³/mol. The number of benzene rings is 2. The van der Waals surface area contributed by atoms with E-state index in [-0.39, 0.29) is 12.3 Å². The lowest BCUT2D eigenvalue weighted by atomic mass is 9.75. The van der Waals surface area contributed by atoms with Crippen molar-refractivity contribution in [3.63, 3.8) is 0 Å². The van der Waals surface area contributed by atoms with Gasteiger partial charge in [-0.1, -0.05) is 60.2 Å². The first-order chi connectivity index (χ1) is 15.9. The van der Waals surface area contributed by atoms with Crippen molar-refractivity contribution in [3.05, 3.63) is 101 Å². The lowest BCUT2D eigenvalue weighted by molar-refractivity contribution is -0.121. The van der Waals surface area contributed by atoms with Crippen LogP contribution < -0.4 is 5.32 Å². The van der Waals surface area contributed by atoms with Gasteiger partial charge in [0.2, 0.25) is 5.91 Å². The number of rotatable bonds is 9. The van der Waals surface area contributed by atoms with Crippen LogP contribution in [0.4, 0.5) is 0 Å². The molecule has 0 aliphatic heterocycles. The molecule has 7 heteroatoms. The Morgan fingerprint density at radius 1 is 1.12 bits per heavy atom. The van der Waals surface area contributed by atoms with Crippen LogP contribution in [0.25, 0.3) is 11.6 Å². The summed E-state index contributed by atoms with van der Waals surface area (Å²) in [6.07, 6.45) is 4.43. The van der Waals surface area contributed by atoms with E-state index in [1.54, 1.807) is 24.4 Å². The molecule has 1 aromatic heterocycles. The van der Waals surface area contributed by atoms with Gasteiger partial charge in [0.1, 0.15) is 6.07 Å². The van der Waals surface area contributed by atoms with E-state index in [9.17, 15) is 20.1 Å². The normalized spacial score (nSPS) is 12.0. The zero-order valence-electron chi connectivity index (χ0n) is 18.5. The van der Waals surface area contributed by atoms with Crippen molar-refractivity contribution < 1.29 is 14.8 Å². The molecular weight excluding hydrogens is 413 g/mol. The Hall–Kier alpha value is -3.73. The van der Waals surface area contributed by atoms with Gasteiger partial charge in [-0.05, 0) is 54.7 Å². The second kappa shape index (κ2) is 11.8. The highest BCUT2D eigenvalue weighted by Gasteiger charge is 2.25. The molecule has 2 aromatic carbocycles. The molecule has 0 spiro atoms. The minimum absolute atomic E-state index is 0.204. The van der Waals surface area contributed by atoms with Crippen LogP contribution in [0, 0.1) is 18.3 Å². The summed E-state index contributed by atoms with van der Waals surface area (Å²) in [6.45, 7) is 1.98. The summed E-state index contributed by atoms with van der Waals surface area (Å²) in [4.78, 5) is 16.7. The Labute approximate surface area is 194 Å². The van der Waals surface area contributed by atoms with Crippen molar-refractivity contribution in [2.24, 2.45) is 0 Å². The molecule has 3 rings (SSSR count). The van der Waals surface area contributed by atoms with Crippen LogP contribution in [0.2, 0.25) is 0 Å². The molecule has 0 fully saturated rings. The maximum atomic E-state index is 12.5. The van der Waals surface area contributed by atoms with Gasteiger partial charge < -0.3 is 15.4 Å². The Morgan fingerprint density at radius 2 is 1.91 bits per heavy atom. The molecule has 1 atom stereocenters. The van der Waals surface area contributed by atoms with Gasteiger partial charge in [-0.3, -0.25) is 9.78 Å². The van der Waals surface area contributed by atoms with Crippen molar-refractivity contribution in [2.75, 3.05) is 0 Å². The van der Waals surface area contributed by atoms with Gasteiger partial charge in [-0.15, -0.1) is 0 Å². The van der Waals surface area contributed by atoms with Crippen LogP contribution in [-0.2, 0) is 17.6 Å². The van der Waals surface area contributed by atoms with Gasteiger partial charge in [0.25, 0.3) is 0 Å². The number of carbonyl (C=O) groups is 1. The van der Waals surface area contributed by atoms with Crippen LogP contribution in [0.3, 0.4) is 0 Å². The number of aromatic nitrogens is 1. The van der Waals surface area contributed by atoms with E-state index in [1.165, 1.54) is 0 Å². The first kappa shape index (κ1) is 23.9. The number of aryl methyl sites for hydroxylation is 2. The van der Waals surface area contributed by atoms with Crippen LogP contribution in [0.15, 0.2) is 72.9 Å². The molecule has 0 saturated heterocycles. The third-order valence-corrected chi connectivity index (χ3v) is 5.25. The first-order valence-electron chi connectivity index (χ1n) is 10.8. The van der Waals surface area contributed by atoms with Crippen molar-refractivity contribution in [1.29, 1.82) is 5.26 Å². The molecule has 1 unspecified atom stereocenters. The number of nitrogens with one attached hydrogen (secondary N) is 1. The number of allylic oxidation sites excluding steroid dienone is 1. The fraction of sp³-hybridized carbons (Fsp3) is 0.192. The third kappa shape index (κ3) is 7.42. The average molecular weight is 439 g/mol. The number of pyridine rings is 1. The number of nitrogens with zero attached hydrogens (tertiary/aromatic N) is 2. The first-order valence-corrected chi connectivity index (χ1v) is 10.8. The second-order valence-corrected chi connectivity index (χ2v) is 7.91. The Balaban J connectivity index is 1.61. The van der Waals surface area contributed by atoms with Crippen LogP contribution in [0.1, 0.15) is 34.4 Å². The molecule has 1 heterocycles. The van der Waals surface area contributed by atoms with E-state index in [0.29, 0.717) is 24.1 Å². The molecule has 3 N–H and O–H groups in total. The minimum atomic E-state index is -1.65. The van der Waals surface area contributed by atoms with Crippen LogP contribution in [0.5, 0.6) is 0 Å². The van der Waals surface area contributed by atoms with E-state index in [2.05, 4.69) is 16.4 Å². The standard InChI is InChI=1S/C26H26BN3O3/c1-19-8-10-21(11-9-19)17-25(27(32)33)30-26(31)13-12-20-5-4-6-22(15-20)16-23(18-28)24-7-2-3-14-29-24/h2-11,14-16,25,32-33H,12-13,17H2,1H3,(H,30,31). The van der Waals surface area contributed by atoms with Crippen molar-refractivity contribution in [2.45, 2.75) is 32.1 Å². The highest BCUT2D eigenvalue weighted by Crippen LogP contribution is 2.17. The molecular formula is C26H26BN3O3. The fourth-order valence-electron chi connectivity index (χ4n) is 3.44. The second-order valence-electron chi connectivity index (χ2n) is 7.91. The zero-order chi connectivity index (χ0) is 23.6. The summed E-state index contributed by atoms with van der Waals surface area (Å²) in [5.41, 5.74) is 4.88. The number of hydrogen-bond donors (Lipinski definition) is 3. The summed E-state index contributed by atoms with van der Waals surface area (Å²) in [7, 11) is -1.65. The van der Waals surface area contributed by atoms with Gasteiger partial charge in [0.15, 0.2) is 0 Å². The van der Waals surface area contributed by atoms with E-state index in [1.807, 2.05) is 61.5 Å². The SMILES string of the molecule is Cc1ccc(CC(NC(=O)CCc2cccc(C=C(C#N)c3ccccn3)c2)B(O)O)cc1. The molecule has 166 valence electrons. The molecule has 0 aliphatic rings. The highest BCUT2D eigenvalue weighted by molar-refractivity contribution is 6.43. The molecule has 0 saturated carbocycles. The van der Waals surface area contributed by atoms with Crippen molar-refractivity contribution >= 4 is 24.7 Å². The summed E-state index contributed by atoms with van der Waals surface area (Å²) >= 11 is 0. The molecule has 0 aliphatic carbocycles. The van der Waals surface area contributed by atoms with Gasteiger partial charge in [0, 0.05) is 12.6 Å². The van der Waals surface area contributed by atoms with Crippen molar-refractivity contribution in [1.82, 2.24) is 10.3 Å². The summed E-state index contributed by atoms with van der Waals surface area (Å²) in [6, 6.07) is 22.9. The minimum Gasteiger partial charge on any atom is -0.426 e. The van der Waals surface area contributed by atoms with Crippen LogP contribution in [-0.4, -0.2) is 34.0 Å². The van der Waals surface area contributed by atoms with Crippen molar-refractivity contribution in [3.8, 4) is 6.07 Å². The average Bonchev–Trinajstić information content (AvgIpc) is 2.83. The van der Waals surface area contributed by atoms with E-state index in [0.717, 1.165) is 22.3 Å². The molecule has 0 radical (unpaired) electrons. The largest absolute Gasteiger partial charge is 0.475 e. The topological polar surface area (TPSA) is 106 Å². The van der Waals surface area contributed by atoms with Gasteiger partial charge >= 0.3 is 7.12 Å². The molecule has 6 nitrogen and oxygen atoms in total. The lowest BCUT2D eigenvalue weighted by Gasteiger charge is -2.18. The van der Waals surface area contributed by atoms with E-state index >= 15 is 0 Å². The number of hydrogen-bond acceptors (Lipinski definition) is 5. The maximum Gasteiger partial charge on any atom is 0.475 e. The molecule has 33 heavy (non-hydrogen) atoms. The van der Waals surface area contributed by atoms with Crippen LogP contribution >= 0.6 is 0 Å². The maximum absolute atomic E-state index is 12.5. The van der Waals surface area contributed by atoms with Gasteiger partial charge in [-0.2, -0.15) is 5.26 Å². The smallest absolute Gasteiger partial charge is 0.426 e. The molecule has 1 amide bonds. The van der Waals surface area contributed by atoms with Gasteiger partial charge in [0.05, 0.1) is 17.2 Å². The van der Waals surface area contributed by atoms with Gasteiger partial charge in [-0.25, -0.2) is 0 Å². The number of carbonyl (C=O) groups excluding carboxylic acids is 1. The predicted octanol–water partition coefficient (Wildman–Crippen LogP) is 3.13. The highest BCUT2D eigenvalue weighted by atomic mass is 16.4. The monoisotopic (exact) mass is 439 g/mol. The summed E-state index contributed by atoms with van der Waals surface area (Å²) in [5, 5.41) is 31.6.